The Morgan fingerprint density at radius 3 is 2.83 bits per heavy atom. The van der Waals surface area contributed by atoms with E-state index >= 15 is 0 Å². The highest BCUT2D eigenvalue weighted by atomic mass is 32.2. The lowest BCUT2D eigenvalue weighted by Gasteiger charge is -2.09. The standard InChI is InChI=1S/C17H14FN3O2S/c1-21-16(23)13-7-2-3-8-14(13)20-17(21)24-10-15(22)19-12-6-4-5-11(18)9-12/h2-9H,10H2,1H3,(H,19,22). The predicted molar refractivity (Wildman–Crippen MR) is 92.7 cm³/mol. The maximum absolute atomic E-state index is 13.1. The van der Waals surface area contributed by atoms with Crippen LogP contribution in [0.1, 0.15) is 0 Å². The van der Waals surface area contributed by atoms with Crippen molar-refractivity contribution < 1.29 is 9.18 Å². The number of hydrogen-bond acceptors (Lipinski definition) is 4. The molecule has 0 aliphatic rings. The van der Waals surface area contributed by atoms with Gasteiger partial charge in [0.15, 0.2) is 5.16 Å². The summed E-state index contributed by atoms with van der Waals surface area (Å²) in [4.78, 5) is 28.7. The zero-order chi connectivity index (χ0) is 17.1. The average Bonchev–Trinajstić information content (AvgIpc) is 2.57. The molecule has 0 bridgehead atoms. The van der Waals surface area contributed by atoms with E-state index in [2.05, 4.69) is 10.3 Å². The van der Waals surface area contributed by atoms with Crippen LogP contribution in [0.4, 0.5) is 10.1 Å². The highest BCUT2D eigenvalue weighted by Gasteiger charge is 2.11. The number of fused-ring (bicyclic) bond motifs is 1. The molecule has 0 fully saturated rings. The fourth-order valence-corrected chi connectivity index (χ4v) is 2.99. The molecule has 0 unspecified atom stereocenters. The molecule has 1 aromatic heterocycles. The lowest BCUT2D eigenvalue weighted by atomic mass is 10.2. The number of anilines is 1. The average molecular weight is 343 g/mol. The van der Waals surface area contributed by atoms with Gasteiger partial charge in [0.25, 0.3) is 5.56 Å². The second kappa shape index (κ2) is 6.84. The third kappa shape index (κ3) is 3.46. The van der Waals surface area contributed by atoms with E-state index in [0.29, 0.717) is 21.7 Å². The van der Waals surface area contributed by atoms with Crippen LogP contribution in [0.2, 0.25) is 0 Å². The van der Waals surface area contributed by atoms with Gasteiger partial charge < -0.3 is 5.32 Å². The largest absolute Gasteiger partial charge is 0.325 e. The predicted octanol–water partition coefficient (Wildman–Crippen LogP) is 2.80. The second-order valence-electron chi connectivity index (χ2n) is 5.12. The summed E-state index contributed by atoms with van der Waals surface area (Å²) in [6, 6.07) is 12.7. The summed E-state index contributed by atoms with van der Waals surface area (Å²) in [6.07, 6.45) is 0. The number of para-hydroxylation sites is 1. The van der Waals surface area contributed by atoms with Gasteiger partial charge in [-0.25, -0.2) is 9.37 Å². The van der Waals surface area contributed by atoms with Gasteiger partial charge in [0, 0.05) is 12.7 Å². The van der Waals surface area contributed by atoms with Crippen LogP contribution in [-0.2, 0) is 11.8 Å². The lowest BCUT2D eigenvalue weighted by Crippen LogP contribution is -2.21. The molecule has 0 saturated heterocycles. The number of amides is 1. The van der Waals surface area contributed by atoms with Crippen molar-refractivity contribution in [1.29, 1.82) is 0 Å². The Morgan fingerprint density at radius 2 is 2.04 bits per heavy atom. The zero-order valence-corrected chi connectivity index (χ0v) is 13.6. The first-order chi connectivity index (χ1) is 11.5. The van der Waals surface area contributed by atoms with Gasteiger partial charge in [0.2, 0.25) is 5.91 Å². The topological polar surface area (TPSA) is 64.0 Å². The summed E-state index contributed by atoms with van der Waals surface area (Å²) in [7, 11) is 1.62. The van der Waals surface area contributed by atoms with E-state index in [1.165, 1.54) is 22.8 Å². The van der Waals surface area contributed by atoms with Gasteiger partial charge in [0.1, 0.15) is 5.82 Å². The van der Waals surface area contributed by atoms with E-state index in [0.717, 1.165) is 11.8 Å². The smallest absolute Gasteiger partial charge is 0.261 e. The van der Waals surface area contributed by atoms with E-state index in [4.69, 9.17) is 0 Å². The number of thioether (sulfide) groups is 1. The molecular weight excluding hydrogens is 329 g/mol. The van der Waals surface area contributed by atoms with Gasteiger partial charge in [-0.1, -0.05) is 30.0 Å². The number of hydrogen-bond donors (Lipinski definition) is 1. The molecule has 7 heteroatoms. The molecule has 0 spiro atoms. The number of nitrogens with one attached hydrogen (secondary N) is 1. The van der Waals surface area contributed by atoms with E-state index in [1.54, 1.807) is 37.4 Å². The summed E-state index contributed by atoms with van der Waals surface area (Å²) in [6.45, 7) is 0. The first-order valence-corrected chi connectivity index (χ1v) is 8.17. The van der Waals surface area contributed by atoms with Crippen molar-refractivity contribution in [3.05, 3.63) is 64.7 Å². The Balaban J connectivity index is 1.75. The fourth-order valence-electron chi connectivity index (χ4n) is 2.22. The third-order valence-corrected chi connectivity index (χ3v) is 4.41. The summed E-state index contributed by atoms with van der Waals surface area (Å²) < 4.78 is 14.5. The molecule has 5 nitrogen and oxygen atoms in total. The molecule has 0 saturated carbocycles. The molecule has 1 amide bonds. The minimum absolute atomic E-state index is 0.0646. The number of carbonyl (C=O) groups excluding carboxylic acids is 1. The molecule has 3 aromatic rings. The Labute approximate surface area is 141 Å². The number of nitrogens with zero attached hydrogens (tertiary/aromatic N) is 2. The summed E-state index contributed by atoms with van der Waals surface area (Å²) in [5.74, 6) is -0.651. The Bertz CT molecular complexity index is 971. The minimum atomic E-state index is -0.418. The molecule has 0 atom stereocenters. The van der Waals surface area contributed by atoms with Gasteiger partial charge >= 0.3 is 0 Å². The molecule has 1 heterocycles. The van der Waals surface area contributed by atoms with Crippen LogP contribution in [0.25, 0.3) is 10.9 Å². The van der Waals surface area contributed by atoms with E-state index < -0.39 is 5.82 Å². The number of aromatic nitrogens is 2. The quantitative estimate of drug-likeness (QED) is 0.584. The molecule has 1 N–H and O–H groups in total. The summed E-state index contributed by atoms with van der Waals surface area (Å²) in [5.41, 5.74) is 0.822. The van der Waals surface area contributed by atoms with Crippen molar-refractivity contribution in [2.45, 2.75) is 5.16 Å². The van der Waals surface area contributed by atoms with Crippen LogP contribution in [0, 0.1) is 5.82 Å². The highest BCUT2D eigenvalue weighted by Crippen LogP contribution is 2.17. The molecule has 0 aliphatic carbocycles. The lowest BCUT2D eigenvalue weighted by molar-refractivity contribution is -0.113. The first-order valence-electron chi connectivity index (χ1n) is 7.18. The summed E-state index contributed by atoms with van der Waals surface area (Å²) in [5, 5.41) is 3.60. The molecule has 0 aliphatic heterocycles. The first kappa shape index (κ1) is 16.2. The maximum Gasteiger partial charge on any atom is 0.261 e. The minimum Gasteiger partial charge on any atom is -0.325 e. The molecular formula is C17H14FN3O2S. The number of halogens is 1. The van der Waals surface area contributed by atoms with Gasteiger partial charge in [-0.05, 0) is 30.3 Å². The zero-order valence-electron chi connectivity index (χ0n) is 12.8. The van der Waals surface area contributed by atoms with Gasteiger partial charge in [0.05, 0.1) is 16.7 Å². The summed E-state index contributed by atoms with van der Waals surface area (Å²) >= 11 is 1.15. The fraction of sp³-hybridized carbons (Fsp3) is 0.118. The SMILES string of the molecule is Cn1c(SCC(=O)Nc2cccc(F)c2)nc2ccccc2c1=O. The van der Waals surface area contributed by atoms with Crippen molar-refractivity contribution in [3.8, 4) is 0 Å². The van der Waals surface area contributed by atoms with E-state index in [9.17, 15) is 14.0 Å². The van der Waals surface area contributed by atoms with Crippen molar-refractivity contribution in [2.75, 3.05) is 11.1 Å². The van der Waals surface area contributed by atoms with Crippen molar-refractivity contribution in [3.63, 3.8) is 0 Å². The number of benzene rings is 2. The number of carbonyl (C=O) groups is 1. The van der Waals surface area contributed by atoms with Crippen LogP contribution < -0.4 is 10.9 Å². The van der Waals surface area contributed by atoms with Gasteiger partial charge in [-0.2, -0.15) is 0 Å². The normalized spacial score (nSPS) is 10.8. The molecule has 122 valence electrons. The Hall–Kier alpha value is -2.67. The maximum atomic E-state index is 13.1. The number of rotatable bonds is 4. The third-order valence-electron chi connectivity index (χ3n) is 3.38. The van der Waals surface area contributed by atoms with Crippen LogP contribution >= 0.6 is 11.8 Å². The molecule has 3 rings (SSSR count). The van der Waals surface area contributed by atoms with Crippen LogP contribution in [-0.4, -0.2) is 21.2 Å². The highest BCUT2D eigenvalue weighted by molar-refractivity contribution is 7.99. The van der Waals surface area contributed by atoms with E-state index in [-0.39, 0.29) is 17.2 Å². The van der Waals surface area contributed by atoms with E-state index in [1.807, 2.05) is 0 Å². The van der Waals surface area contributed by atoms with Crippen LogP contribution in [0.3, 0.4) is 0 Å². The monoisotopic (exact) mass is 343 g/mol. The van der Waals surface area contributed by atoms with Gasteiger partial charge in [-0.15, -0.1) is 0 Å². The Morgan fingerprint density at radius 1 is 1.25 bits per heavy atom. The molecule has 24 heavy (non-hydrogen) atoms. The molecule has 0 radical (unpaired) electrons. The van der Waals surface area contributed by atoms with Crippen LogP contribution in [0.5, 0.6) is 0 Å². The van der Waals surface area contributed by atoms with Crippen LogP contribution in [0.15, 0.2) is 58.5 Å². The Kier molecular flexibility index (Phi) is 4.61. The van der Waals surface area contributed by atoms with Gasteiger partial charge in [-0.3, -0.25) is 14.2 Å². The van der Waals surface area contributed by atoms with Crippen molar-refractivity contribution in [2.24, 2.45) is 7.05 Å². The second-order valence-corrected chi connectivity index (χ2v) is 6.07. The van der Waals surface area contributed by atoms with Crippen molar-refractivity contribution in [1.82, 2.24) is 9.55 Å². The van der Waals surface area contributed by atoms with Crippen molar-refractivity contribution >= 4 is 34.3 Å². The molecule has 2 aromatic carbocycles.